The van der Waals surface area contributed by atoms with Gasteiger partial charge < -0.3 is 20.4 Å². The van der Waals surface area contributed by atoms with Crippen LogP contribution in [0.1, 0.15) is 56.0 Å². The zero-order valence-corrected chi connectivity index (χ0v) is 21.9. The SMILES string of the molecule is CCCN(CCC)CCCN=C(NCC)NCCc1cccc(C(=O)N(C)C)c1.I. The lowest BCUT2D eigenvalue weighted by Gasteiger charge is -2.20. The van der Waals surface area contributed by atoms with E-state index in [9.17, 15) is 4.79 Å². The van der Waals surface area contributed by atoms with Gasteiger partial charge in [-0.3, -0.25) is 9.79 Å². The van der Waals surface area contributed by atoms with E-state index in [1.165, 1.54) is 25.9 Å². The zero-order chi connectivity index (χ0) is 21.5. The van der Waals surface area contributed by atoms with Crippen molar-refractivity contribution in [3.05, 3.63) is 35.4 Å². The Morgan fingerprint density at radius 1 is 1.03 bits per heavy atom. The molecule has 0 aliphatic carbocycles. The van der Waals surface area contributed by atoms with Crippen molar-refractivity contribution in [2.45, 2.75) is 46.5 Å². The maximum atomic E-state index is 12.1. The summed E-state index contributed by atoms with van der Waals surface area (Å²) in [5.41, 5.74) is 1.88. The maximum Gasteiger partial charge on any atom is 0.253 e. The fraction of sp³-hybridized carbons (Fsp3) is 0.652. The normalized spacial score (nSPS) is 11.2. The number of amides is 1. The molecule has 172 valence electrons. The van der Waals surface area contributed by atoms with Crippen molar-refractivity contribution in [3.63, 3.8) is 0 Å². The number of hydrogen-bond acceptors (Lipinski definition) is 3. The molecule has 0 spiro atoms. The van der Waals surface area contributed by atoms with Crippen LogP contribution in [0.5, 0.6) is 0 Å². The minimum absolute atomic E-state index is 0. The summed E-state index contributed by atoms with van der Waals surface area (Å²) in [5.74, 6) is 0.903. The summed E-state index contributed by atoms with van der Waals surface area (Å²) in [6, 6.07) is 7.85. The lowest BCUT2D eigenvalue weighted by Crippen LogP contribution is -2.38. The number of nitrogens with zero attached hydrogens (tertiary/aromatic N) is 3. The van der Waals surface area contributed by atoms with Gasteiger partial charge in [0.25, 0.3) is 5.91 Å². The van der Waals surface area contributed by atoms with Gasteiger partial charge in [0.05, 0.1) is 0 Å². The monoisotopic (exact) mass is 531 g/mol. The number of hydrogen-bond donors (Lipinski definition) is 2. The van der Waals surface area contributed by atoms with Gasteiger partial charge in [-0.05, 0) is 69.9 Å². The quantitative estimate of drug-likeness (QED) is 0.177. The molecule has 0 radical (unpaired) electrons. The van der Waals surface area contributed by atoms with Crippen LogP contribution >= 0.6 is 24.0 Å². The second-order valence-corrected chi connectivity index (χ2v) is 7.53. The highest BCUT2D eigenvalue weighted by molar-refractivity contribution is 14.0. The van der Waals surface area contributed by atoms with Crippen molar-refractivity contribution in [1.82, 2.24) is 20.4 Å². The highest BCUT2D eigenvalue weighted by atomic mass is 127. The molecule has 0 aromatic heterocycles. The third-order valence-electron chi connectivity index (χ3n) is 4.61. The van der Waals surface area contributed by atoms with Crippen molar-refractivity contribution >= 4 is 35.8 Å². The van der Waals surface area contributed by atoms with Gasteiger partial charge in [-0.25, -0.2) is 0 Å². The first-order valence-corrected chi connectivity index (χ1v) is 11.1. The molecule has 0 unspecified atom stereocenters. The summed E-state index contributed by atoms with van der Waals surface area (Å²) in [7, 11) is 3.55. The Labute approximate surface area is 200 Å². The number of carbonyl (C=O) groups excluding carboxylic acids is 1. The number of benzene rings is 1. The second-order valence-electron chi connectivity index (χ2n) is 7.53. The van der Waals surface area contributed by atoms with Crippen molar-refractivity contribution in [2.24, 2.45) is 4.99 Å². The Morgan fingerprint density at radius 3 is 2.33 bits per heavy atom. The fourth-order valence-electron chi connectivity index (χ4n) is 3.24. The zero-order valence-electron chi connectivity index (χ0n) is 19.5. The Morgan fingerprint density at radius 2 is 1.73 bits per heavy atom. The topological polar surface area (TPSA) is 60.0 Å². The van der Waals surface area contributed by atoms with Crippen molar-refractivity contribution < 1.29 is 4.79 Å². The number of carbonyl (C=O) groups is 1. The Hall–Kier alpha value is -1.35. The van der Waals surface area contributed by atoms with Crippen molar-refractivity contribution in [2.75, 3.05) is 53.4 Å². The summed E-state index contributed by atoms with van der Waals surface area (Å²) in [5, 5.41) is 6.73. The Bertz CT molecular complexity index is 615. The van der Waals surface area contributed by atoms with E-state index in [4.69, 9.17) is 4.99 Å². The Kier molecular flexibility index (Phi) is 16.6. The van der Waals surface area contributed by atoms with E-state index in [1.54, 1.807) is 19.0 Å². The van der Waals surface area contributed by atoms with E-state index >= 15 is 0 Å². The van der Waals surface area contributed by atoms with Crippen LogP contribution in [0.3, 0.4) is 0 Å². The van der Waals surface area contributed by atoms with Gasteiger partial charge in [-0.15, -0.1) is 24.0 Å². The van der Waals surface area contributed by atoms with Crippen LogP contribution in [0.15, 0.2) is 29.3 Å². The minimum atomic E-state index is 0. The van der Waals surface area contributed by atoms with E-state index < -0.39 is 0 Å². The molecule has 1 amide bonds. The van der Waals surface area contributed by atoms with E-state index in [-0.39, 0.29) is 29.9 Å². The van der Waals surface area contributed by atoms with Gasteiger partial charge in [0, 0.05) is 39.3 Å². The molecule has 0 atom stereocenters. The number of rotatable bonds is 13. The lowest BCUT2D eigenvalue weighted by atomic mass is 10.1. The summed E-state index contributed by atoms with van der Waals surface area (Å²) in [4.78, 5) is 21.0. The van der Waals surface area contributed by atoms with Gasteiger partial charge in [0.1, 0.15) is 0 Å². The van der Waals surface area contributed by atoms with Crippen LogP contribution in [0.25, 0.3) is 0 Å². The largest absolute Gasteiger partial charge is 0.357 e. The van der Waals surface area contributed by atoms with Crippen molar-refractivity contribution in [1.29, 1.82) is 0 Å². The molecule has 7 heteroatoms. The van der Waals surface area contributed by atoms with Crippen LogP contribution in [0, 0.1) is 0 Å². The lowest BCUT2D eigenvalue weighted by molar-refractivity contribution is 0.0827. The minimum Gasteiger partial charge on any atom is -0.357 e. The van der Waals surface area contributed by atoms with Gasteiger partial charge in [0.2, 0.25) is 0 Å². The molecule has 1 aromatic rings. The van der Waals surface area contributed by atoms with Gasteiger partial charge in [-0.1, -0.05) is 26.0 Å². The van der Waals surface area contributed by atoms with Crippen molar-refractivity contribution in [3.8, 4) is 0 Å². The molecular weight excluding hydrogens is 489 g/mol. The predicted molar refractivity (Wildman–Crippen MR) is 139 cm³/mol. The summed E-state index contributed by atoms with van der Waals surface area (Å²) in [6.45, 7) is 12.5. The molecular formula is C23H42IN5O. The first-order valence-electron chi connectivity index (χ1n) is 11.1. The van der Waals surface area contributed by atoms with E-state index in [1.807, 2.05) is 18.2 Å². The highest BCUT2D eigenvalue weighted by Crippen LogP contribution is 2.07. The molecule has 1 rings (SSSR count). The third kappa shape index (κ3) is 11.7. The van der Waals surface area contributed by atoms with Gasteiger partial charge in [-0.2, -0.15) is 0 Å². The molecule has 0 aliphatic rings. The number of guanidine groups is 1. The molecule has 0 saturated carbocycles. The molecule has 0 bridgehead atoms. The third-order valence-corrected chi connectivity index (χ3v) is 4.61. The highest BCUT2D eigenvalue weighted by Gasteiger charge is 2.08. The molecule has 0 saturated heterocycles. The molecule has 2 N–H and O–H groups in total. The summed E-state index contributed by atoms with van der Waals surface area (Å²) < 4.78 is 0. The van der Waals surface area contributed by atoms with Crippen LogP contribution in [0.4, 0.5) is 0 Å². The summed E-state index contributed by atoms with van der Waals surface area (Å²) in [6.07, 6.45) is 4.33. The standard InChI is InChI=1S/C23H41N5O.HI/c1-6-16-28(17-7-2)18-10-14-25-23(24-8-3)26-15-13-20-11-9-12-21(19-20)22(29)27(4)5;/h9,11-12,19H,6-8,10,13-18H2,1-5H3,(H2,24,25,26);1H. The maximum absolute atomic E-state index is 12.1. The number of nitrogens with one attached hydrogen (secondary N) is 2. The summed E-state index contributed by atoms with van der Waals surface area (Å²) >= 11 is 0. The van der Waals surface area contributed by atoms with Gasteiger partial charge >= 0.3 is 0 Å². The van der Waals surface area contributed by atoms with Gasteiger partial charge in [0.15, 0.2) is 5.96 Å². The van der Waals surface area contributed by atoms with Crippen LogP contribution in [-0.4, -0.2) is 75.0 Å². The number of aliphatic imine (C=N–C) groups is 1. The molecule has 6 nitrogen and oxygen atoms in total. The second kappa shape index (κ2) is 17.3. The first-order chi connectivity index (χ1) is 14.0. The fourth-order valence-corrected chi connectivity index (χ4v) is 3.24. The molecule has 0 fully saturated rings. The van der Waals surface area contributed by atoms with E-state index in [2.05, 4.69) is 42.4 Å². The molecule has 1 aromatic carbocycles. The van der Waals surface area contributed by atoms with E-state index in [0.717, 1.165) is 56.1 Å². The van der Waals surface area contributed by atoms with Crippen LogP contribution in [0.2, 0.25) is 0 Å². The predicted octanol–water partition coefficient (Wildman–Crippen LogP) is 3.62. The van der Waals surface area contributed by atoms with Crippen LogP contribution < -0.4 is 10.6 Å². The van der Waals surface area contributed by atoms with E-state index in [0.29, 0.717) is 0 Å². The molecule has 30 heavy (non-hydrogen) atoms. The van der Waals surface area contributed by atoms with Crippen LogP contribution in [-0.2, 0) is 6.42 Å². The smallest absolute Gasteiger partial charge is 0.253 e. The number of halogens is 1. The first kappa shape index (κ1) is 28.6. The average Bonchev–Trinajstić information content (AvgIpc) is 2.71. The molecule has 0 aliphatic heterocycles. The average molecular weight is 532 g/mol. The Balaban J connectivity index is 0.00000841. The molecule has 0 heterocycles.